The van der Waals surface area contributed by atoms with E-state index >= 15 is 0 Å². The maximum Gasteiger partial charge on any atom is 0.226 e. The number of benzene rings is 1. The fourth-order valence-electron chi connectivity index (χ4n) is 4.50. The first-order valence-corrected chi connectivity index (χ1v) is 10.1. The van der Waals surface area contributed by atoms with Crippen molar-refractivity contribution in [1.82, 2.24) is 10.6 Å². The standard InChI is InChI=1S/C21H29N3O2/c25-20-3-1-2-12-24(20)17-6-4-15(5-7-17)14-23-21(26)19-13-18(19)16-8-10-22-11-9-16/h4-7,16,18-19,22H,1-3,8-14H2,(H,23,26)/t18-,19+/m0/s1. The van der Waals surface area contributed by atoms with E-state index in [9.17, 15) is 9.59 Å². The Morgan fingerprint density at radius 1 is 1.15 bits per heavy atom. The van der Waals surface area contributed by atoms with Crippen LogP contribution in [0, 0.1) is 17.8 Å². The van der Waals surface area contributed by atoms with Gasteiger partial charge in [0.05, 0.1) is 0 Å². The van der Waals surface area contributed by atoms with Gasteiger partial charge in [-0.3, -0.25) is 9.59 Å². The minimum atomic E-state index is 0.212. The summed E-state index contributed by atoms with van der Waals surface area (Å²) < 4.78 is 0. The Morgan fingerprint density at radius 3 is 2.65 bits per heavy atom. The van der Waals surface area contributed by atoms with Crippen LogP contribution in [0.2, 0.25) is 0 Å². The van der Waals surface area contributed by atoms with Gasteiger partial charge in [-0.1, -0.05) is 12.1 Å². The molecule has 0 spiro atoms. The van der Waals surface area contributed by atoms with Crippen molar-refractivity contribution in [3.63, 3.8) is 0 Å². The molecule has 0 aromatic heterocycles. The van der Waals surface area contributed by atoms with E-state index < -0.39 is 0 Å². The highest BCUT2D eigenvalue weighted by Gasteiger charge is 2.47. The predicted molar refractivity (Wildman–Crippen MR) is 102 cm³/mol. The molecule has 4 rings (SSSR count). The second-order valence-electron chi connectivity index (χ2n) is 7.98. The molecule has 2 amide bonds. The van der Waals surface area contributed by atoms with Crippen LogP contribution in [0.3, 0.4) is 0 Å². The van der Waals surface area contributed by atoms with Gasteiger partial charge in [-0.15, -0.1) is 0 Å². The fourth-order valence-corrected chi connectivity index (χ4v) is 4.50. The van der Waals surface area contributed by atoms with Gasteiger partial charge in [0, 0.05) is 31.1 Å². The average molecular weight is 355 g/mol. The molecule has 5 heteroatoms. The zero-order valence-corrected chi connectivity index (χ0v) is 15.4. The summed E-state index contributed by atoms with van der Waals surface area (Å²) in [6, 6.07) is 8.04. The molecule has 1 aromatic carbocycles. The monoisotopic (exact) mass is 355 g/mol. The molecular weight excluding hydrogens is 326 g/mol. The number of hydrogen-bond donors (Lipinski definition) is 2. The summed E-state index contributed by atoms with van der Waals surface area (Å²) >= 11 is 0. The van der Waals surface area contributed by atoms with E-state index in [2.05, 4.69) is 10.6 Å². The minimum absolute atomic E-state index is 0.212. The first-order chi connectivity index (χ1) is 12.7. The van der Waals surface area contributed by atoms with E-state index in [1.165, 1.54) is 12.8 Å². The lowest BCUT2D eigenvalue weighted by Gasteiger charge is -2.26. The lowest BCUT2D eigenvalue weighted by atomic mass is 9.92. The van der Waals surface area contributed by atoms with Crippen molar-refractivity contribution in [2.24, 2.45) is 17.8 Å². The molecule has 26 heavy (non-hydrogen) atoms. The molecule has 1 aliphatic carbocycles. The van der Waals surface area contributed by atoms with Gasteiger partial charge in [0.15, 0.2) is 0 Å². The highest BCUT2D eigenvalue weighted by molar-refractivity contribution is 5.93. The molecule has 2 aliphatic heterocycles. The summed E-state index contributed by atoms with van der Waals surface area (Å²) in [4.78, 5) is 26.3. The molecule has 2 N–H and O–H groups in total. The Labute approximate surface area is 155 Å². The van der Waals surface area contributed by atoms with E-state index in [0.29, 0.717) is 18.9 Å². The maximum atomic E-state index is 12.4. The number of piperidine rings is 2. The van der Waals surface area contributed by atoms with Crippen molar-refractivity contribution < 1.29 is 9.59 Å². The molecule has 1 aromatic rings. The van der Waals surface area contributed by atoms with Crippen LogP contribution >= 0.6 is 0 Å². The SMILES string of the molecule is O=C(NCc1ccc(N2CCCCC2=O)cc1)[C@@H]1C[C@H]1C1CCNCC1. The predicted octanol–water partition coefficient (Wildman–Crippen LogP) is 2.46. The van der Waals surface area contributed by atoms with Crippen LogP contribution in [-0.4, -0.2) is 31.4 Å². The third-order valence-corrected chi connectivity index (χ3v) is 6.20. The van der Waals surface area contributed by atoms with Crippen LogP contribution in [-0.2, 0) is 16.1 Å². The van der Waals surface area contributed by atoms with Gasteiger partial charge in [0.25, 0.3) is 0 Å². The number of hydrogen-bond acceptors (Lipinski definition) is 3. The normalized spacial score (nSPS) is 26.6. The summed E-state index contributed by atoms with van der Waals surface area (Å²) in [5.74, 6) is 1.99. The van der Waals surface area contributed by atoms with Gasteiger partial charge in [0.2, 0.25) is 11.8 Å². The first kappa shape index (κ1) is 17.5. The van der Waals surface area contributed by atoms with Crippen molar-refractivity contribution in [3.8, 4) is 0 Å². The van der Waals surface area contributed by atoms with Gasteiger partial charge in [-0.25, -0.2) is 0 Å². The van der Waals surface area contributed by atoms with Gasteiger partial charge >= 0.3 is 0 Å². The largest absolute Gasteiger partial charge is 0.352 e. The quantitative estimate of drug-likeness (QED) is 0.853. The summed E-state index contributed by atoms with van der Waals surface area (Å²) in [6.07, 6.45) is 6.21. The van der Waals surface area contributed by atoms with Crippen molar-refractivity contribution in [2.75, 3.05) is 24.5 Å². The fraction of sp³-hybridized carbons (Fsp3) is 0.619. The minimum Gasteiger partial charge on any atom is -0.352 e. The van der Waals surface area contributed by atoms with Crippen LogP contribution in [0.25, 0.3) is 0 Å². The van der Waals surface area contributed by atoms with Crippen molar-refractivity contribution in [1.29, 1.82) is 0 Å². The number of amides is 2. The number of anilines is 1. The van der Waals surface area contributed by atoms with Crippen LogP contribution in [0.4, 0.5) is 5.69 Å². The van der Waals surface area contributed by atoms with E-state index in [1.807, 2.05) is 29.2 Å². The third kappa shape index (κ3) is 3.93. The van der Waals surface area contributed by atoms with Crippen LogP contribution in [0.1, 0.15) is 44.1 Å². The zero-order valence-electron chi connectivity index (χ0n) is 15.4. The molecular formula is C21H29N3O2. The Hall–Kier alpha value is -1.88. The molecule has 3 aliphatic rings. The van der Waals surface area contributed by atoms with Crippen LogP contribution < -0.4 is 15.5 Å². The smallest absolute Gasteiger partial charge is 0.226 e. The maximum absolute atomic E-state index is 12.4. The molecule has 5 nitrogen and oxygen atoms in total. The van der Waals surface area contributed by atoms with E-state index in [-0.39, 0.29) is 17.7 Å². The lowest BCUT2D eigenvalue weighted by Crippen LogP contribution is -2.35. The Bertz CT molecular complexity index is 652. The molecule has 0 unspecified atom stereocenters. The topological polar surface area (TPSA) is 61.4 Å². The Kier molecular flexibility index (Phi) is 5.25. The zero-order chi connectivity index (χ0) is 17.9. The molecule has 0 radical (unpaired) electrons. The summed E-state index contributed by atoms with van der Waals surface area (Å²) in [5.41, 5.74) is 2.06. The molecule has 1 saturated carbocycles. The first-order valence-electron chi connectivity index (χ1n) is 10.1. The van der Waals surface area contributed by atoms with E-state index in [0.717, 1.165) is 56.1 Å². The highest BCUT2D eigenvalue weighted by atomic mass is 16.2. The van der Waals surface area contributed by atoms with Crippen molar-refractivity contribution in [3.05, 3.63) is 29.8 Å². The number of carbonyl (C=O) groups is 2. The van der Waals surface area contributed by atoms with E-state index in [4.69, 9.17) is 0 Å². The van der Waals surface area contributed by atoms with Gasteiger partial charge in [-0.2, -0.15) is 0 Å². The molecule has 2 saturated heterocycles. The molecule has 0 bridgehead atoms. The Balaban J connectivity index is 1.26. The number of rotatable bonds is 5. The van der Waals surface area contributed by atoms with Crippen LogP contribution in [0.5, 0.6) is 0 Å². The molecule has 2 heterocycles. The van der Waals surface area contributed by atoms with Crippen molar-refractivity contribution >= 4 is 17.5 Å². The third-order valence-electron chi connectivity index (χ3n) is 6.20. The summed E-state index contributed by atoms with van der Waals surface area (Å²) in [5, 5.41) is 6.50. The Morgan fingerprint density at radius 2 is 1.92 bits per heavy atom. The molecule has 3 fully saturated rings. The summed E-state index contributed by atoms with van der Waals surface area (Å²) in [6.45, 7) is 3.58. The highest BCUT2D eigenvalue weighted by Crippen LogP contribution is 2.47. The lowest BCUT2D eigenvalue weighted by molar-refractivity contribution is -0.123. The van der Waals surface area contributed by atoms with Gasteiger partial charge in [-0.05, 0) is 74.7 Å². The van der Waals surface area contributed by atoms with Crippen molar-refractivity contribution in [2.45, 2.75) is 45.1 Å². The van der Waals surface area contributed by atoms with Crippen LogP contribution in [0.15, 0.2) is 24.3 Å². The number of nitrogens with zero attached hydrogens (tertiary/aromatic N) is 1. The average Bonchev–Trinajstić information content (AvgIpc) is 3.49. The van der Waals surface area contributed by atoms with E-state index in [1.54, 1.807) is 0 Å². The molecule has 140 valence electrons. The van der Waals surface area contributed by atoms with Gasteiger partial charge < -0.3 is 15.5 Å². The second kappa shape index (κ2) is 7.78. The van der Waals surface area contributed by atoms with Gasteiger partial charge in [0.1, 0.15) is 0 Å². The second-order valence-corrected chi connectivity index (χ2v) is 7.98. The number of carbonyl (C=O) groups excluding carboxylic acids is 2. The molecule has 2 atom stereocenters. The summed E-state index contributed by atoms with van der Waals surface area (Å²) in [7, 11) is 0. The number of nitrogens with one attached hydrogen (secondary N) is 2.